The molecule has 4 aliphatic rings. The number of benzene rings is 1. The first kappa shape index (κ1) is 50.8. The van der Waals surface area contributed by atoms with Crippen LogP contribution in [0.25, 0.3) is 0 Å². The van der Waals surface area contributed by atoms with Crippen molar-refractivity contribution in [2.24, 2.45) is 11.8 Å². The Balaban J connectivity index is 1.26. The van der Waals surface area contributed by atoms with Crippen LogP contribution in [0.4, 0.5) is 0 Å². The highest BCUT2D eigenvalue weighted by Crippen LogP contribution is 2.39. The van der Waals surface area contributed by atoms with Crippen molar-refractivity contribution in [1.82, 2.24) is 0 Å². The second kappa shape index (κ2) is 22.8. The van der Waals surface area contributed by atoms with Crippen LogP contribution in [0.2, 0.25) is 0 Å². The summed E-state index contributed by atoms with van der Waals surface area (Å²) in [6.45, 7) is 1.28. The number of hydrogen-bond donors (Lipinski definition) is 9. The lowest BCUT2D eigenvalue weighted by molar-refractivity contribution is -0.329. The SMILES string of the molecule is C/C=C1/[C@H](O[C@@H]2O[C@H](CO)[C@@H](O)[C@H](O)[C@H]2O)OC=C(C(=O)OC)[C@H]1CC(=O)O[C@H]1[C@H](O)[C@@H](O)[C@H](O[C@@H]2OC=C(C(=O)OC)[C@@H](CC(=O)OCCc3ccc(O)c(O)c3)/C2=C\C)O[C@@H]1CO. The standard InChI is InChI=1S/C42H54O23/c1-5-19-21(12-29(47)58-10-9-18-7-8-25(45)26(46)11-18)23(37(54)56-3)16-59-39(19)65-42-35(53)33(51)36(28(15-44)62-42)63-30(48)13-22-20(6-2)40(60-17-24(22)38(55)57-4)64-41-34(52)32(50)31(49)27(14-43)61-41/h5-8,11,16-17,21-22,27-28,31-36,39-46,49-53H,9-10,12-15H2,1-4H3/b19-5+,20-6+/t21-,22-,27+,28+,31+,32-,33+,34+,35+,36+,39-,40-,41-,42-/m0/s1. The predicted molar refractivity (Wildman–Crippen MR) is 212 cm³/mol. The average Bonchev–Trinajstić information content (AvgIpc) is 3.29. The first-order valence-corrected chi connectivity index (χ1v) is 20.3. The molecule has 0 aromatic heterocycles. The van der Waals surface area contributed by atoms with Crippen molar-refractivity contribution in [3.05, 3.63) is 70.7 Å². The molecule has 0 amide bonds. The summed E-state index contributed by atoms with van der Waals surface area (Å²) < 4.78 is 54.8. The number of hydrogen-bond acceptors (Lipinski definition) is 23. The summed E-state index contributed by atoms with van der Waals surface area (Å²) in [5.41, 5.74) is 0.540. The zero-order valence-corrected chi connectivity index (χ0v) is 35.6. The number of phenolic OH excluding ortho intramolecular Hbond substituents is 2. The summed E-state index contributed by atoms with van der Waals surface area (Å²) in [4.78, 5) is 52.3. The molecule has 5 rings (SSSR count). The summed E-state index contributed by atoms with van der Waals surface area (Å²) in [5.74, 6) is -6.56. The molecule has 0 aliphatic carbocycles. The van der Waals surface area contributed by atoms with E-state index in [2.05, 4.69) is 0 Å². The summed E-state index contributed by atoms with van der Waals surface area (Å²) in [7, 11) is 2.19. The molecular formula is C42H54O23. The van der Waals surface area contributed by atoms with Gasteiger partial charge in [-0.3, -0.25) is 9.59 Å². The molecule has 0 unspecified atom stereocenters. The average molecular weight is 927 g/mol. The minimum Gasteiger partial charge on any atom is -0.504 e. The Morgan fingerprint density at radius 1 is 0.662 bits per heavy atom. The fraction of sp³-hybridized carbons (Fsp3) is 0.571. The normalized spacial score (nSPS) is 33.8. The van der Waals surface area contributed by atoms with Gasteiger partial charge in [-0.25, -0.2) is 9.59 Å². The van der Waals surface area contributed by atoms with E-state index in [1.54, 1.807) is 6.92 Å². The number of aromatic hydroxyl groups is 2. The van der Waals surface area contributed by atoms with Gasteiger partial charge < -0.3 is 93.3 Å². The summed E-state index contributed by atoms with van der Waals surface area (Å²) >= 11 is 0. The molecule has 23 heteroatoms. The smallest absolute Gasteiger partial charge is 0.337 e. The van der Waals surface area contributed by atoms with Gasteiger partial charge in [0.25, 0.3) is 0 Å². The van der Waals surface area contributed by atoms with Gasteiger partial charge in [0.2, 0.25) is 12.6 Å². The second-order valence-corrected chi connectivity index (χ2v) is 15.1. The number of allylic oxidation sites excluding steroid dienone is 2. The van der Waals surface area contributed by atoms with Gasteiger partial charge in [-0.15, -0.1) is 0 Å². The largest absolute Gasteiger partial charge is 0.504 e. The maximum atomic E-state index is 13.6. The van der Waals surface area contributed by atoms with Crippen molar-refractivity contribution < 1.29 is 113 Å². The molecule has 2 saturated heterocycles. The van der Waals surface area contributed by atoms with Crippen molar-refractivity contribution in [2.75, 3.05) is 34.0 Å². The van der Waals surface area contributed by atoms with Crippen LogP contribution >= 0.6 is 0 Å². The number of carbonyl (C=O) groups is 4. The quantitative estimate of drug-likeness (QED) is 0.0378. The van der Waals surface area contributed by atoms with Gasteiger partial charge in [-0.05, 0) is 31.5 Å². The van der Waals surface area contributed by atoms with Gasteiger partial charge in [0.05, 0.1) is 70.6 Å². The van der Waals surface area contributed by atoms with E-state index in [4.69, 9.17) is 47.4 Å². The van der Waals surface area contributed by atoms with E-state index < -0.39 is 136 Å². The third kappa shape index (κ3) is 11.6. The molecule has 65 heavy (non-hydrogen) atoms. The Morgan fingerprint density at radius 2 is 1.17 bits per heavy atom. The van der Waals surface area contributed by atoms with Gasteiger partial charge in [-0.1, -0.05) is 18.2 Å². The van der Waals surface area contributed by atoms with Crippen molar-refractivity contribution >= 4 is 23.9 Å². The molecule has 9 N–H and O–H groups in total. The van der Waals surface area contributed by atoms with Gasteiger partial charge in [0.15, 0.2) is 30.2 Å². The molecular weight excluding hydrogens is 872 g/mol. The fourth-order valence-corrected chi connectivity index (χ4v) is 7.58. The molecule has 4 heterocycles. The number of methoxy groups -OCH3 is 2. The summed E-state index contributed by atoms with van der Waals surface area (Å²) in [5, 5.41) is 92.7. The molecule has 360 valence electrons. The van der Waals surface area contributed by atoms with E-state index in [0.717, 1.165) is 26.7 Å². The van der Waals surface area contributed by atoms with Crippen LogP contribution in [-0.4, -0.2) is 178 Å². The van der Waals surface area contributed by atoms with E-state index >= 15 is 0 Å². The van der Waals surface area contributed by atoms with Crippen LogP contribution < -0.4 is 0 Å². The van der Waals surface area contributed by atoms with E-state index in [0.29, 0.717) is 5.56 Å². The van der Waals surface area contributed by atoms with E-state index in [-0.39, 0.29) is 46.8 Å². The lowest BCUT2D eigenvalue weighted by atomic mass is 9.86. The van der Waals surface area contributed by atoms with E-state index in [1.165, 1.54) is 37.3 Å². The van der Waals surface area contributed by atoms with Gasteiger partial charge in [0.1, 0.15) is 42.7 Å². The molecule has 4 aliphatic heterocycles. The number of aliphatic hydroxyl groups is 7. The third-order valence-electron chi connectivity index (χ3n) is 11.1. The van der Waals surface area contributed by atoms with E-state index in [9.17, 15) is 65.1 Å². The topological polar surface area (TPSA) is 343 Å². The van der Waals surface area contributed by atoms with Gasteiger partial charge >= 0.3 is 23.9 Å². The molecule has 0 spiro atoms. The molecule has 1 aromatic carbocycles. The molecule has 14 atom stereocenters. The second-order valence-electron chi connectivity index (χ2n) is 15.1. The summed E-state index contributed by atoms with van der Waals surface area (Å²) in [6.07, 6.45) is -16.4. The molecule has 0 radical (unpaired) electrons. The Labute approximate surface area is 371 Å². The van der Waals surface area contributed by atoms with Crippen molar-refractivity contribution in [3.8, 4) is 11.5 Å². The first-order valence-electron chi connectivity index (χ1n) is 20.3. The van der Waals surface area contributed by atoms with Crippen molar-refractivity contribution in [2.45, 2.75) is 107 Å². The van der Waals surface area contributed by atoms with Crippen LogP contribution in [0.1, 0.15) is 32.3 Å². The Bertz CT molecular complexity index is 1970. The number of esters is 4. The monoisotopic (exact) mass is 926 g/mol. The Hall–Kier alpha value is -5.18. The molecule has 23 nitrogen and oxygen atoms in total. The van der Waals surface area contributed by atoms with E-state index in [1.807, 2.05) is 0 Å². The molecule has 0 bridgehead atoms. The van der Waals surface area contributed by atoms with Crippen molar-refractivity contribution in [1.29, 1.82) is 0 Å². The number of phenols is 2. The van der Waals surface area contributed by atoms with Crippen molar-refractivity contribution in [3.63, 3.8) is 0 Å². The van der Waals surface area contributed by atoms with Gasteiger partial charge in [-0.2, -0.15) is 0 Å². The van der Waals surface area contributed by atoms with Crippen LogP contribution in [0.3, 0.4) is 0 Å². The molecule has 1 aromatic rings. The number of aliphatic hydroxyl groups excluding tert-OH is 7. The maximum absolute atomic E-state index is 13.6. The van der Waals surface area contributed by atoms with Crippen LogP contribution in [0.5, 0.6) is 11.5 Å². The summed E-state index contributed by atoms with van der Waals surface area (Å²) in [6, 6.07) is 4.12. The highest BCUT2D eigenvalue weighted by Gasteiger charge is 2.51. The maximum Gasteiger partial charge on any atom is 0.337 e. The lowest BCUT2D eigenvalue weighted by Crippen LogP contribution is -2.61. The number of ether oxygens (including phenoxy) is 10. The minimum absolute atomic E-state index is 0.0891. The highest BCUT2D eigenvalue weighted by molar-refractivity contribution is 5.91. The Kier molecular flexibility index (Phi) is 17.8. The third-order valence-corrected chi connectivity index (χ3v) is 11.1. The van der Waals surface area contributed by atoms with Crippen LogP contribution in [0, 0.1) is 11.8 Å². The van der Waals surface area contributed by atoms with Crippen LogP contribution in [-0.2, 0) is 73.0 Å². The molecule has 2 fully saturated rings. The zero-order valence-electron chi connectivity index (χ0n) is 35.6. The lowest BCUT2D eigenvalue weighted by Gasteiger charge is -2.43. The highest BCUT2D eigenvalue weighted by atomic mass is 16.8. The molecule has 0 saturated carbocycles. The number of rotatable bonds is 16. The first-order chi connectivity index (χ1) is 31.0. The zero-order chi connectivity index (χ0) is 47.7. The minimum atomic E-state index is -1.98. The fourth-order valence-electron chi connectivity index (χ4n) is 7.58. The Morgan fingerprint density at radius 3 is 1.66 bits per heavy atom. The predicted octanol–water partition coefficient (Wildman–Crippen LogP) is -1.90. The van der Waals surface area contributed by atoms with Gasteiger partial charge in [0, 0.05) is 29.4 Å². The number of carbonyl (C=O) groups excluding carboxylic acids is 4. The van der Waals surface area contributed by atoms with Crippen LogP contribution in [0.15, 0.2) is 65.2 Å².